The van der Waals surface area contributed by atoms with E-state index in [1.807, 2.05) is 37.6 Å². The quantitative estimate of drug-likeness (QED) is 0.777. The Balaban J connectivity index is 1.96. The van der Waals surface area contributed by atoms with Crippen LogP contribution in [0.15, 0.2) is 60.7 Å². The number of nitrogens with one attached hydrogen (secondary N) is 1. The molecule has 0 aromatic heterocycles. The van der Waals surface area contributed by atoms with Crippen molar-refractivity contribution in [2.45, 2.75) is 19.0 Å². The summed E-state index contributed by atoms with van der Waals surface area (Å²) in [4.78, 5) is 0. The molecule has 2 aromatic rings. The third-order valence-electron chi connectivity index (χ3n) is 3.38. The largest absolute Gasteiger partial charge is 0.309 e. The van der Waals surface area contributed by atoms with Crippen LogP contribution in [0.5, 0.6) is 0 Å². The van der Waals surface area contributed by atoms with Crippen molar-refractivity contribution in [1.82, 2.24) is 5.32 Å². The lowest BCUT2D eigenvalue weighted by Crippen LogP contribution is -2.51. The molecule has 0 spiro atoms. The molecule has 0 bridgehead atoms. The highest BCUT2D eigenvalue weighted by Crippen LogP contribution is 2.17. The lowest BCUT2D eigenvalue weighted by Gasteiger charge is -2.30. The third kappa shape index (κ3) is 3.66. The summed E-state index contributed by atoms with van der Waals surface area (Å²) in [6.07, 6.45) is 2.98. The van der Waals surface area contributed by atoms with Gasteiger partial charge in [-0.2, -0.15) is 0 Å². The fraction of sp³-hybridized carbons (Fsp3) is 0.235. The summed E-state index contributed by atoms with van der Waals surface area (Å²) < 4.78 is 0. The smallest absolute Gasteiger partial charge is 0.0954 e. The van der Waals surface area contributed by atoms with Crippen molar-refractivity contribution in [1.29, 1.82) is 0 Å². The van der Waals surface area contributed by atoms with Crippen LogP contribution in [0.3, 0.4) is 0 Å². The van der Waals surface area contributed by atoms with Crippen molar-refractivity contribution in [3.05, 3.63) is 78.2 Å². The Kier molecular flexibility index (Phi) is 4.72. The maximum atomic E-state index is 6.42. The summed E-state index contributed by atoms with van der Waals surface area (Å²) in [5.41, 5.74) is 8.27. The van der Waals surface area contributed by atoms with Gasteiger partial charge in [-0.25, -0.2) is 0 Å². The molecule has 0 saturated heterocycles. The lowest BCUT2D eigenvalue weighted by molar-refractivity contribution is 0.403. The Morgan fingerprint density at radius 1 is 1.00 bits per heavy atom. The summed E-state index contributed by atoms with van der Waals surface area (Å²) in [5, 5.41) is 3.43. The first-order chi connectivity index (χ1) is 9.24. The van der Waals surface area contributed by atoms with E-state index in [1.165, 1.54) is 5.56 Å². The van der Waals surface area contributed by atoms with E-state index < -0.39 is 5.66 Å². The molecule has 0 aliphatic carbocycles. The Hall–Kier alpha value is -1.64. The molecule has 0 saturated carbocycles. The van der Waals surface area contributed by atoms with Gasteiger partial charge in [0.2, 0.25) is 0 Å². The Morgan fingerprint density at radius 2 is 1.58 bits per heavy atom. The van der Waals surface area contributed by atoms with Crippen molar-refractivity contribution >= 4 is 0 Å². The number of rotatable bonds is 6. The molecule has 2 aromatic carbocycles. The molecule has 3 N–H and O–H groups in total. The van der Waals surface area contributed by atoms with E-state index in [0.717, 1.165) is 18.5 Å². The Bertz CT molecular complexity index is 481. The van der Waals surface area contributed by atoms with Gasteiger partial charge in [0.1, 0.15) is 0 Å². The summed E-state index contributed by atoms with van der Waals surface area (Å²) in [5.74, 6) is 0. The van der Waals surface area contributed by atoms with Gasteiger partial charge >= 0.3 is 0 Å². The average Bonchev–Trinajstić information content (AvgIpc) is 2.49. The first-order valence-corrected chi connectivity index (χ1v) is 6.68. The molecule has 2 heteroatoms. The minimum absolute atomic E-state index is 0.559. The van der Waals surface area contributed by atoms with Crippen molar-refractivity contribution in [2.75, 3.05) is 6.54 Å². The minimum Gasteiger partial charge on any atom is -0.309 e. The maximum Gasteiger partial charge on any atom is 0.0954 e. The van der Waals surface area contributed by atoms with E-state index in [-0.39, 0.29) is 0 Å². The Labute approximate surface area is 115 Å². The topological polar surface area (TPSA) is 38.0 Å². The van der Waals surface area contributed by atoms with Crippen molar-refractivity contribution < 1.29 is 0 Å². The SMILES string of the molecule is C[CH]C(N)(NCCc1ccccc1)c1ccccc1. The maximum absolute atomic E-state index is 6.42. The van der Waals surface area contributed by atoms with Gasteiger partial charge in [-0.1, -0.05) is 67.6 Å². The standard InChI is InChI=1S/C17H21N2/c1-2-17(18,16-11-7-4-8-12-16)19-14-13-15-9-5-3-6-10-15/h2-12,19H,13-14,18H2,1H3. The van der Waals surface area contributed by atoms with Gasteiger partial charge in [0.05, 0.1) is 5.66 Å². The fourth-order valence-electron chi connectivity index (χ4n) is 2.14. The van der Waals surface area contributed by atoms with E-state index in [0.29, 0.717) is 0 Å². The minimum atomic E-state index is -0.559. The molecule has 19 heavy (non-hydrogen) atoms. The Morgan fingerprint density at radius 3 is 2.16 bits per heavy atom. The van der Waals surface area contributed by atoms with Crippen LogP contribution < -0.4 is 11.1 Å². The van der Waals surface area contributed by atoms with Crippen LogP contribution in [0.4, 0.5) is 0 Å². The highest BCUT2D eigenvalue weighted by atomic mass is 15.1. The van der Waals surface area contributed by atoms with Crippen LogP contribution >= 0.6 is 0 Å². The van der Waals surface area contributed by atoms with Gasteiger partial charge in [-0.05, 0) is 24.0 Å². The molecule has 0 amide bonds. The van der Waals surface area contributed by atoms with Gasteiger partial charge in [-0.15, -0.1) is 0 Å². The van der Waals surface area contributed by atoms with E-state index in [4.69, 9.17) is 5.73 Å². The normalized spacial score (nSPS) is 14.0. The second-order valence-corrected chi connectivity index (χ2v) is 4.69. The van der Waals surface area contributed by atoms with Crippen molar-refractivity contribution in [3.63, 3.8) is 0 Å². The second-order valence-electron chi connectivity index (χ2n) is 4.69. The molecular weight excluding hydrogens is 232 g/mol. The van der Waals surface area contributed by atoms with E-state index >= 15 is 0 Å². The molecule has 0 fully saturated rings. The third-order valence-corrected chi connectivity index (χ3v) is 3.38. The molecule has 0 aliphatic heterocycles. The highest BCUT2D eigenvalue weighted by molar-refractivity contribution is 5.26. The van der Waals surface area contributed by atoms with Crippen LogP contribution in [0, 0.1) is 6.42 Å². The second kappa shape index (κ2) is 6.50. The van der Waals surface area contributed by atoms with Crippen LogP contribution in [-0.4, -0.2) is 6.54 Å². The van der Waals surface area contributed by atoms with Gasteiger partial charge in [0.15, 0.2) is 0 Å². The molecule has 1 unspecified atom stereocenters. The van der Waals surface area contributed by atoms with E-state index in [9.17, 15) is 0 Å². The summed E-state index contributed by atoms with van der Waals surface area (Å²) >= 11 is 0. The summed E-state index contributed by atoms with van der Waals surface area (Å²) in [7, 11) is 0. The molecule has 2 nitrogen and oxygen atoms in total. The van der Waals surface area contributed by atoms with Crippen LogP contribution in [-0.2, 0) is 12.1 Å². The summed E-state index contributed by atoms with van der Waals surface area (Å²) in [6.45, 7) is 2.84. The van der Waals surface area contributed by atoms with Crippen molar-refractivity contribution in [3.8, 4) is 0 Å². The fourth-order valence-corrected chi connectivity index (χ4v) is 2.14. The van der Waals surface area contributed by atoms with E-state index in [2.05, 4.69) is 41.7 Å². The van der Waals surface area contributed by atoms with Gasteiger partial charge < -0.3 is 5.73 Å². The van der Waals surface area contributed by atoms with Gasteiger partial charge in [-0.3, -0.25) is 5.32 Å². The molecule has 1 radical (unpaired) electrons. The molecule has 0 aliphatic rings. The predicted octanol–water partition coefficient (Wildman–Crippen LogP) is 2.85. The molecule has 0 heterocycles. The lowest BCUT2D eigenvalue weighted by atomic mass is 9.97. The number of hydrogen-bond acceptors (Lipinski definition) is 2. The van der Waals surface area contributed by atoms with Gasteiger partial charge in [0.25, 0.3) is 0 Å². The number of nitrogens with two attached hydrogens (primary N) is 1. The zero-order valence-electron chi connectivity index (χ0n) is 11.3. The zero-order valence-corrected chi connectivity index (χ0v) is 11.3. The van der Waals surface area contributed by atoms with Crippen molar-refractivity contribution in [2.24, 2.45) is 5.73 Å². The summed E-state index contributed by atoms with van der Waals surface area (Å²) in [6, 6.07) is 20.6. The molecule has 1 atom stereocenters. The average molecular weight is 253 g/mol. The van der Waals surface area contributed by atoms with Crippen LogP contribution in [0.2, 0.25) is 0 Å². The first-order valence-electron chi connectivity index (χ1n) is 6.68. The zero-order chi connectivity index (χ0) is 13.6. The first kappa shape index (κ1) is 13.8. The van der Waals surface area contributed by atoms with Crippen LogP contribution in [0.1, 0.15) is 18.1 Å². The van der Waals surface area contributed by atoms with Gasteiger partial charge in [0, 0.05) is 6.54 Å². The molecule has 99 valence electrons. The van der Waals surface area contributed by atoms with E-state index in [1.54, 1.807) is 0 Å². The highest BCUT2D eigenvalue weighted by Gasteiger charge is 2.23. The molecule has 2 rings (SSSR count). The predicted molar refractivity (Wildman–Crippen MR) is 80.4 cm³/mol. The number of hydrogen-bond donors (Lipinski definition) is 2. The number of benzene rings is 2. The molecular formula is C17H21N2. The monoisotopic (exact) mass is 253 g/mol. The van der Waals surface area contributed by atoms with Crippen LogP contribution in [0.25, 0.3) is 0 Å².